The van der Waals surface area contributed by atoms with Gasteiger partial charge >= 0.3 is 21.7 Å². The molecule has 0 aliphatic heterocycles. The van der Waals surface area contributed by atoms with Gasteiger partial charge in [-0.05, 0) is 68.9 Å². The number of allylic oxidation sites excluding steroid dienone is 4. The van der Waals surface area contributed by atoms with Crippen molar-refractivity contribution in [2.75, 3.05) is 0 Å². The van der Waals surface area contributed by atoms with Gasteiger partial charge in [0.15, 0.2) is 0 Å². The molecule has 0 saturated heterocycles. The third kappa shape index (κ3) is 6.99. The Kier molecular flexibility index (Phi) is 16.3. The summed E-state index contributed by atoms with van der Waals surface area (Å²) >= 11 is 0. The first-order valence-corrected chi connectivity index (χ1v) is 11.4. The van der Waals surface area contributed by atoms with Gasteiger partial charge in [-0.3, -0.25) is 6.08 Å². The summed E-state index contributed by atoms with van der Waals surface area (Å²) in [5.41, 5.74) is 12.2. The zero-order valence-electron chi connectivity index (χ0n) is 19.7. The number of hydrogen-bond donors (Lipinski definition) is 0. The van der Waals surface area contributed by atoms with E-state index in [1.807, 2.05) is 0 Å². The maximum Gasteiger partial charge on any atom is 4.00 e. The zero-order valence-corrected chi connectivity index (χ0v) is 24.9. The van der Waals surface area contributed by atoms with Gasteiger partial charge in [0, 0.05) is 0 Å². The minimum Gasteiger partial charge on any atom is -1.00 e. The van der Waals surface area contributed by atoms with Gasteiger partial charge in [0.1, 0.15) is 0 Å². The Hall–Kier alpha value is 0.501. The van der Waals surface area contributed by atoms with Crippen LogP contribution < -0.4 is 42.4 Å². The van der Waals surface area contributed by atoms with Crippen LogP contribution in [0.4, 0.5) is 0 Å². The molecule has 1 aliphatic rings. The van der Waals surface area contributed by atoms with E-state index in [4.69, 9.17) is 0 Å². The average molecular weight is 508 g/mol. The van der Waals surface area contributed by atoms with Crippen molar-refractivity contribution in [2.24, 2.45) is 0 Å². The third-order valence-electron chi connectivity index (χ3n) is 6.86. The van der Waals surface area contributed by atoms with Crippen molar-refractivity contribution in [3.8, 4) is 0 Å². The van der Waals surface area contributed by atoms with Gasteiger partial charge in [-0.2, -0.15) is 11.1 Å². The number of unbranched alkanes of at least 4 members (excludes halogenated alkanes) is 2. The summed E-state index contributed by atoms with van der Waals surface area (Å²) in [5.74, 6) is 0. The molecular formula is C24H37Cl3SiTi. The van der Waals surface area contributed by atoms with Gasteiger partial charge in [-0.1, -0.05) is 50.3 Å². The molecule has 1 aromatic rings. The van der Waals surface area contributed by atoms with Crippen molar-refractivity contribution in [3.05, 3.63) is 50.6 Å². The van der Waals surface area contributed by atoms with Crippen molar-refractivity contribution >= 4 is 14.7 Å². The Morgan fingerprint density at radius 3 is 1.66 bits per heavy atom. The Morgan fingerprint density at radius 2 is 1.21 bits per heavy atom. The van der Waals surface area contributed by atoms with Gasteiger partial charge in [0.2, 0.25) is 0 Å². The van der Waals surface area contributed by atoms with Crippen LogP contribution in [0.25, 0.3) is 0 Å². The van der Waals surface area contributed by atoms with E-state index in [-0.39, 0.29) is 64.0 Å². The van der Waals surface area contributed by atoms with Crippen molar-refractivity contribution in [3.63, 3.8) is 0 Å². The van der Waals surface area contributed by atoms with Crippen LogP contribution >= 0.6 is 0 Å². The molecule has 1 atom stereocenters. The van der Waals surface area contributed by atoms with E-state index in [0.29, 0.717) is 0 Å². The molecule has 1 unspecified atom stereocenters. The summed E-state index contributed by atoms with van der Waals surface area (Å²) in [6, 6.07) is 0. The van der Waals surface area contributed by atoms with Crippen molar-refractivity contribution < 1.29 is 58.9 Å². The standard InChI is InChI=1S/C24H37Si.3ClH.Ti/c1-10-11-12-13-22-16(3)15(2)14-24(22,9)25-23-20(7)18(5)17(4)19(6)21(23)8;;;;/h10-13,25H2,1-9H3;3*1H;/q-1;;;;+4/p-3. The Balaban J connectivity index is -0.00000169. The Bertz CT molecular complexity index is 724. The van der Waals surface area contributed by atoms with Crippen LogP contribution in [0, 0.1) is 40.7 Å². The normalized spacial score (nSPS) is 18.0. The second-order valence-electron chi connectivity index (χ2n) is 8.42. The first-order chi connectivity index (χ1) is 11.6. The van der Waals surface area contributed by atoms with Crippen LogP contribution in [-0.4, -0.2) is 9.52 Å². The fourth-order valence-corrected chi connectivity index (χ4v) is 7.36. The molecule has 5 heteroatoms. The molecule has 0 nitrogen and oxygen atoms in total. The molecule has 0 radical (unpaired) electrons. The topological polar surface area (TPSA) is 0 Å². The average Bonchev–Trinajstić information content (AvgIpc) is 2.78. The fraction of sp³-hybridized carbons (Fsp3) is 0.583. The summed E-state index contributed by atoms with van der Waals surface area (Å²) < 4.78 is 0. The predicted octanol–water partition coefficient (Wildman–Crippen LogP) is -3.13. The number of halogens is 3. The van der Waals surface area contributed by atoms with Crippen molar-refractivity contribution in [2.45, 2.75) is 93.0 Å². The van der Waals surface area contributed by atoms with E-state index < -0.39 is 9.52 Å². The van der Waals surface area contributed by atoms with Crippen LogP contribution in [0.3, 0.4) is 0 Å². The monoisotopic (exact) mass is 506 g/mol. The second kappa shape index (κ2) is 13.8. The number of hydrogen-bond acceptors (Lipinski definition) is 0. The van der Waals surface area contributed by atoms with Gasteiger partial charge < -0.3 is 37.2 Å². The minimum absolute atomic E-state index is 0. The molecular weight excluding hydrogens is 471 g/mol. The number of benzene rings is 1. The van der Waals surface area contributed by atoms with E-state index in [9.17, 15) is 0 Å². The van der Waals surface area contributed by atoms with Gasteiger partial charge in [-0.15, -0.1) is 6.92 Å². The molecule has 0 fully saturated rings. The van der Waals surface area contributed by atoms with Gasteiger partial charge in [0.05, 0.1) is 9.52 Å². The molecule has 0 spiro atoms. The van der Waals surface area contributed by atoms with E-state index in [1.54, 1.807) is 21.9 Å². The van der Waals surface area contributed by atoms with Crippen molar-refractivity contribution in [1.29, 1.82) is 0 Å². The summed E-state index contributed by atoms with van der Waals surface area (Å²) in [4.78, 5) is 0. The largest absolute Gasteiger partial charge is 4.00 e. The van der Waals surface area contributed by atoms with Crippen LogP contribution in [0.1, 0.15) is 81.2 Å². The quantitative estimate of drug-likeness (QED) is 0.217. The molecule has 0 saturated carbocycles. The fourth-order valence-electron chi connectivity index (χ4n) is 4.59. The minimum atomic E-state index is -0.483. The van der Waals surface area contributed by atoms with Gasteiger partial charge in [0.25, 0.3) is 0 Å². The molecule has 162 valence electrons. The molecule has 1 aliphatic carbocycles. The molecule has 0 aromatic heterocycles. The van der Waals surface area contributed by atoms with Crippen molar-refractivity contribution in [1.82, 2.24) is 0 Å². The molecule has 0 N–H and O–H groups in total. The first kappa shape index (κ1) is 34.1. The van der Waals surface area contributed by atoms with Gasteiger partial charge in [-0.25, -0.2) is 5.57 Å². The molecule has 29 heavy (non-hydrogen) atoms. The van der Waals surface area contributed by atoms with E-state index in [0.717, 1.165) is 0 Å². The van der Waals surface area contributed by atoms with Crippen LogP contribution in [0.2, 0.25) is 5.04 Å². The van der Waals surface area contributed by atoms with Crippen LogP contribution in [0.15, 0.2) is 16.7 Å². The molecule has 0 amide bonds. The van der Waals surface area contributed by atoms with E-state index in [1.165, 1.54) is 53.5 Å². The molecule has 0 heterocycles. The second-order valence-corrected chi connectivity index (χ2v) is 10.9. The predicted molar refractivity (Wildman–Crippen MR) is 116 cm³/mol. The summed E-state index contributed by atoms with van der Waals surface area (Å²) in [7, 11) is -0.483. The summed E-state index contributed by atoms with van der Waals surface area (Å²) in [5, 5.41) is 1.89. The first-order valence-electron chi connectivity index (χ1n) is 10.0. The Labute approximate surface area is 216 Å². The zero-order chi connectivity index (χ0) is 18.9. The maximum absolute atomic E-state index is 3.92. The summed E-state index contributed by atoms with van der Waals surface area (Å²) in [6.45, 7) is 20.9. The molecule has 1 aromatic carbocycles. The summed E-state index contributed by atoms with van der Waals surface area (Å²) in [6.07, 6.45) is 9.14. The molecule has 2 rings (SSSR count). The number of rotatable bonds is 6. The SMILES string of the molecule is CCCCCC1=C(C)C(C)=[C-]C1(C)[SiH2]c1c(C)c(C)c(C)c(C)c1C.[Cl-].[Cl-].[Cl-].[Ti+4]. The van der Waals surface area contributed by atoms with Crippen LogP contribution in [-0.2, 0) is 21.7 Å². The Morgan fingerprint density at radius 1 is 0.759 bits per heavy atom. The van der Waals surface area contributed by atoms with E-state index in [2.05, 4.69) is 68.4 Å². The smallest absolute Gasteiger partial charge is 1.00 e. The molecule has 0 bridgehead atoms. The maximum atomic E-state index is 3.92. The van der Waals surface area contributed by atoms with E-state index >= 15 is 0 Å². The third-order valence-corrected chi connectivity index (χ3v) is 9.59. The van der Waals surface area contributed by atoms with Crippen LogP contribution in [0.5, 0.6) is 0 Å².